The van der Waals surface area contributed by atoms with Gasteiger partial charge < -0.3 is 15.2 Å². The Morgan fingerprint density at radius 1 is 1.38 bits per heavy atom. The van der Waals surface area contributed by atoms with Crippen molar-refractivity contribution < 1.29 is 9.47 Å². The van der Waals surface area contributed by atoms with Crippen LogP contribution in [0.3, 0.4) is 0 Å². The van der Waals surface area contributed by atoms with Crippen molar-refractivity contribution in [3.8, 4) is 17.1 Å². The molecule has 0 saturated carbocycles. The van der Waals surface area contributed by atoms with E-state index in [2.05, 4.69) is 15.5 Å². The van der Waals surface area contributed by atoms with Crippen LogP contribution < -0.4 is 10.5 Å². The molecule has 3 rings (SSSR count). The van der Waals surface area contributed by atoms with Crippen LogP contribution in [0.2, 0.25) is 0 Å². The summed E-state index contributed by atoms with van der Waals surface area (Å²) in [7, 11) is 0. The molecule has 1 aromatic carbocycles. The van der Waals surface area contributed by atoms with Gasteiger partial charge in [-0.2, -0.15) is 0 Å². The highest BCUT2D eigenvalue weighted by Gasteiger charge is 2.24. The molecular formula is C14H19N5O2. The average molecular weight is 289 g/mol. The van der Waals surface area contributed by atoms with E-state index in [0.717, 1.165) is 31.6 Å². The van der Waals surface area contributed by atoms with Crippen molar-refractivity contribution in [3.63, 3.8) is 0 Å². The summed E-state index contributed by atoms with van der Waals surface area (Å²) >= 11 is 0. The SMILES string of the molecule is CCOc1cccc(N)c1-c1nnnn1C1CCOCC1. The zero-order valence-electron chi connectivity index (χ0n) is 12.0. The molecule has 2 aromatic rings. The van der Waals surface area contributed by atoms with E-state index in [1.165, 1.54) is 0 Å². The molecule has 1 aliphatic rings. The van der Waals surface area contributed by atoms with Crippen molar-refractivity contribution in [1.82, 2.24) is 20.2 Å². The fourth-order valence-corrected chi connectivity index (χ4v) is 2.60. The van der Waals surface area contributed by atoms with Gasteiger partial charge in [0.15, 0.2) is 5.82 Å². The van der Waals surface area contributed by atoms with Crippen molar-refractivity contribution >= 4 is 5.69 Å². The minimum Gasteiger partial charge on any atom is -0.493 e. The van der Waals surface area contributed by atoms with E-state index in [0.29, 0.717) is 23.9 Å². The second-order valence-electron chi connectivity index (χ2n) is 4.94. The standard InChI is InChI=1S/C14H19N5O2/c1-2-21-12-5-3-4-11(15)13(12)14-16-17-18-19(14)10-6-8-20-9-7-10/h3-5,10H,2,6-9,15H2,1H3. The lowest BCUT2D eigenvalue weighted by molar-refractivity contribution is 0.0662. The first-order chi connectivity index (χ1) is 10.3. The van der Waals surface area contributed by atoms with Gasteiger partial charge in [0.05, 0.1) is 18.2 Å². The first-order valence-corrected chi connectivity index (χ1v) is 7.18. The average Bonchev–Trinajstić information content (AvgIpc) is 2.98. The molecule has 0 aliphatic carbocycles. The van der Waals surface area contributed by atoms with Crippen LogP contribution >= 0.6 is 0 Å². The molecular weight excluding hydrogens is 270 g/mol. The molecule has 1 saturated heterocycles. The van der Waals surface area contributed by atoms with Gasteiger partial charge in [-0.05, 0) is 42.3 Å². The van der Waals surface area contributed by atoms with Gasteiger partial charge in [0.2, 0.25) is 0 Å². The van der Waals surface area contributed by atoms with Gasteiger partial charge in [-0.15, -0.1) is 5.10 Å². The molecule has 0 radical (unpaired) electrons. The van der Waals surface area contributed by atoms with Crippen LogP contribution in [0.4, 0.5) is 5.69 Å². The van der Waals surface area contributed by atoms with Gasteiger partial charge in [-0.25, -0.2) is 4.68 Å². The maximum Gasteiger partial charge on any atom is 0.188 e. The number of ether oxygens (including phenoxy) is 2. The third kappa shape index (κ3) is 2.69. The Labute approximate surface area is 123 Å². The Balaban J connectivity index is 2.03. The molecule has 7 heteroatoms. The number of hydrogen-bond donors (Lipinski definition) is 1. The van der Waals surface area contributed by atoms with Gasteiger partial charge >= 0.3 is 0 Å². The summed E-state index contributed by atoms with van der Waals surface area (Å²) in [5.74, 6) is 1.36. The number of nitrogens with two attached hydrogens (primary N) is 1. The molecule has 2 heterocycles. The Morgan fingerprint density at radius 2 is 2.19 bits per heavy atom. The van der Waals surface area contributed by atoms with Gasteiger partial charge in [-0.3, -0.25) is 0 Å². The maximum atomic E-state index is 6.13. The second kappa shape index (κ2) is 6.09. The zero-order valence-corrected chi connectivity index (χ0v) is 12.0. The molecule has 0 bridgehead atoms. The van der Waals surface area contributed by atoms with Crippen LogP contribution in [-0.2, 0) is 4.74 Å². The van der Waals surface area contributed by atoms with Crippen molar-refractivity contribution in [2.45, 2.75) is 25.8 Å². The van der Waals surface area contributed by atoms with Crippen molar-refractivity contribution in [2.75, 3.05) is 25.6 Å². The summed E-state index contributed by atoms with van der Waals surface area (Å²) in [6.45, 7) is 3.96. The number of anilines is 1. The normalized spacial score (nSPS) is 16.0. The lowest BCUT2D eigenvalue weighted by Gasteiger charge is -2.23. The summed E-state index contributed by atoms with van der Waals surface area (Å²) in [5.41, 5.74) is 7.50. The number of hydrogen-bond acceptors (Lipinski definition) is 6. The Bertz CT molecular complexity index is 607. The molecule has 2 N–H and O–H groups in total. The molecule has 0 atom stereocenters. The van der Waals surface area contributed by atoms with Crippen LogP contribution in [0, 0.1) is 0 Å². The summed E-state index contributed by atoms with van der Waals surface area (Å²) in [6.07, 6.45) is 1.80. The van der Waals surface area contributed by atoms with Gasteiger partial charge in [0.25, 0.3) is 0 Å². The number of nitrogens with zero attached hydrogens (tertiary/aromatic N) is 4. The fraction of sp³-hybridized carbons (Fsp3) is 0.500. The van der Waals surface area contributed by atoms with Crippen LogP contribution in [0.15, 0.2) is 18.2 Å². The first-order valence-electron chi connectivity index (χ1n) is 7.18. The number of nitrogen functional groups attached to an aromatic ring is 1. The van der Waals surface area contributed by atoms with E-state index >= 15 is 0 Å². The summed E-state index contributed by atoms with van der Waals surface area (Å²) in [5, 5.41) is 12.1. The molecule has 0 spiro atoms. The molecule has 0 unspecified atom stereocenters. The van der Waals surface area contributed by atoms with Crippen LogP contribution in [0.5, 0.6) is 5.75 Å². The molecule has 0 amide bonds. The molecule has 1 aromatic heterocycles. The maximum absolute atomic E-state index is 6.13. The zero-order chi connectivity index (χ0) is 14.7. The fourth-order valence-electron chi connectivity index (χ4n) is 2.60. The van der Waals surface area contributed by atoms with E-state index in [1.807, 2.05) is 29.8 Å². The number of rotatable bonds is 4. The first kappa shape index (κ1) is 13.8. The van der Waals surface area contributed by atoms with Crippen LogP contribution in [0.25, 0.3) is 11.4 Å². The quantitative estimate of drug-likeness (QED) is 0.861. The van der Waals surface area contributed by atoms with Crippen molar-refractivity contribution in [1.29, 1.82) is 0 Å². The Hall–Kier alpha value is -2.15. The highest BCUT2D eigenvalue weighted by atomic mass is 16.5. The molecule has 1 aliphatic heterocycles. The Kier molecular flexibility index (Phi) is 4.01. The topological polar surface area (TPSA) is 88.1 Å². The van der Waals surface area contributed by atoms with E-state index < -0.39 is 0 Å². The van der Waals surface area contributed by atoms with Crippen LogP contribution in [-0.4, -0.2) is 40.0 Å². The van der Waals surface area contributed by atoms with Gasteiger partial charge in [0.1, 0.15) is 5.75 Å². The smallest absolute Gasteiger partial charge is 0.188 e. The number of benzene rings is 1. The van der Waals surface area contributed by atoms with Crippen LogP contribution in [0.1, 0.15) is 25.8 Å². The highest BCUT2D eigenvalue weighted by Crippen LogP contribution is 2.35. The third-order valence-electron chi connectivity index (χ3n) is 3.61. The largest absolute Gasteiger partial charge is 0.493 e. The van der Waals surface area contributed by atoms with Crippen molar-refractivity contribution in [2.24, 2.45) is 0 Å². The third-order valence-corrected chi connectivity index (χ3v) is 3.61. The van der Waals surface area contributed by atoms with E-state index in [9.17, 15) is 0 Å². The monoisotopic (exact) mass is 289 g/mol. The Morgan fingerprint density at radius 3 is 2.95 bits per heavy atom. The predicted molar refractivity (Wildman–Crippen MR) is 77.9 cm³/mol. The van der Waals surface area contributed by atoms with Gasteiger partial charge in [0, 0.05) is 18.9 Å². The highest BCUT2D eigenvalue weighted by molar-refractivity contribution is 5.77. The lowest BCUT2D eigenvalue weighted by Crippen LogP contribution is -2.21. The molecule has 21 heavy (non-hydrogen) atoms. The van der Waals surface area contributed by atoms with Gasteiger partial charge in [-0.1, -0.05) is 6.07 Å². The summed E-state index contributed by atoms with van der Waals surface area (Å²) < 4.78 is 12.9. The van der Waals surface area contributed by atoms with E-state index in [-0.39, 0.29) is 6.04 Å². The summed E-state index contributed by atoms with van der Waals surface area (Å²) in [4.78, 5) is 0. The van der Waals surface area contributed by atoms with E-state index in [4.69, 9.17) is 15.2 Å². The lowest BCUT2D eigenvalue weighted by atomic mass is 10.1. The number of tetrazole rings is 1. The summed E-state index contributed by atoms with van der Waals surface area (Å²) in [6, 6.07) is 5.82. The van der Waals surface area contributed by atoms with E-state index in [1.54, 1.807) is 0 Å². The molecule has 112 valence electrons. The predicted octanol–water partition coefficient (Wildman–Crippen LogP) is 1.67. The van der Waals surface area contributed by atoms with Crippen molar-refractivity contribution in [3.05, 3.63) is 18.2 Å². The minimum atomic E-state index is 0.234. The second-order valence-corrected chi connectivity index (χ2v) is 4.94. The molecule has 1 fully saturated rings. The number of aromatic nitrogens is 4. The molecule has 7 nitrogen and oxygen atoms in total. The minimum absolute atomic E-state index is 0.234.